The van der Waals surface area contributed by atoms with Crippen LogP contribution in [0.4, 0.5) is 9.59 Å². The first-order chi connectivity index (χ1) is 13.1. The van der Waals surface area contributed by atoms with E-state index in [1.165, 1.54) is 4.90 Å². The molecule has 1 aromatic rings. The van der Waals surface area contributed by atoms with Gasteiger partial charge in [-0.05, 0) is 39.2 Å². The second-order valence-corrected chi connectivity index (χ2v) is 8.05. The molecule has 156 valence electrons. The zero-order valence-electron chi connectivity index (χ0n) is 16.7. The Morgan fingerprint density at radius 1 is 1.29 bits per heavy atom. The molecule has 0 bridgehead atoms. The number of aliphatic hydroxyl groups is 2. The minimum atomic E-state index is -1.37. The number of alkyl carbamates (subject to hydrolysis) is 1. The van der Waals surface area contributed by atoms with Gasteiger partial charge in [-0.1, -0.05) is 30.3 Å². The van der Waals surface area contributed by atoms with E-state index in [9.17, 15) is 14.7 Å². The third-order valence-corrected chi connectivity index (χ3v) is 4.44. The van der Waals surface area contributed by atoms with Crippen LogP contribution in [0.3, 0.4) is 0 Å². The van der Waals surface area contributed by atoms with Crippen molar-refractivity contribution in [2.24, 2.45) is 0 Å². The number of nitrogens with one attached hydrogen (secondary N) is 1. The molecule has 0 aliphatic carbocycles. The van der Waals surface area contributed by atoms with E-state index < -0.39 is 29.4 Å². The molecule has 1 aliphatic heterocycles. The summed E-state index contributed by atoms with van der Waals surface area (Å²) in [6.07, 6.45) is -0.665. The fourth-order valence-corrected chi connectivity index (χ4v) is 3.09. The summed E-state index contributed by atoms with van der Waals surface area (Å²) in [4.78, 5) is 25.9. The highest BCUT2D eigenvalue weighted by molar-refractivity contribution is 5.71. The number of hydrogen-bond donors (Lipinski definition) is 3. The van der Waals surface area contributed by atoms with Crippen LogP contribution in [0.2, 0.25) is 0 Å². The van der Waals surface area contributed by atoms with Gasteiger partial charge in [0, 0.05) is 13.2 Å². The lowest BCUT2D eigenvalue weighted by Crippen LogP contribution is -2.52. The van der Waals surface area contributed by atoms with Crippen molar-refractivity contribution in [1.29, 1.82) is 0 Å². The van der Waals surface area contributed by atoms with Crippen molar-refractivity contribution >= 4 is 12.2 Å². The summed E-state index contributed by atoms with van der Waals surface area (Å²) in [5, 5.41) is 22.8. The molecule has 2 rings (SSSR count). The van der Waals surface area contributed by atoms with Gasteiger partial charge in [-0.15, -0.1) is 0 Å². The Morgan fingerprint density at radius 2 is 1.96 bits per heavy atom. The van der Waals surface area contributed by atoms with Crippen LogP contribution >= 0.6 is 0 Å². The molecule has 1 fully saturated rings. The molecular weight excluding hydrogens is 364 g/mol. The summed E-state index contributed by atoms with van der Waals surface area (Å²) in [5.41, 5.74) is -1.19. The van der Waals surface area contributed by atoms with Crippen LogP contribution in [-0.2, 0) is 16.1 Å². The molecule has 8 heteroatoms. The minimum absolute atomic E-state index is 0.00550. The van der Waals surface area contributed by atoms with E-state index in [2.05, 4.69) is 5.32 Å². The first-order valence-corrected chi connectivity index (χ1v) is 9.41. The van der Waals surface area contributed by atoms with Gasteiger partial charge < -0.3 is 29.9 Å². The summed E-state index contributed by atoms with van der Waals surface area (Å²) in [6.45, 7) is 5.38. The first-order valence-electron chi connectivity index (χ1n) is 9.41. The Morgan fingerprint density at radius 3 is 2.57 bits per heavy atom. The molecule has 1 heterocycles. The molecule has 1 aliphatic rings. The van der Waals surface area contributed by atoms with Crippen molar-refractivity contribution in [1.82, 2.24) is 10.2 Å². The average Bonchev–Trinajstić information content (AvgIpc) is 2.95. The SMILES string of the molecule is CC(C)(C)OC(=O)N1C[C@H](NC(=O)OCc2ccccc2)C(O)(CCCO)C1. The van der Waals surface area contributed by atoms with Crippen molar-refractivity contribution in [3.63, 3.8) is 0 Å². The maximum Gasteiger partial charge on any atom is 0.410 e. The van der Waals surface area contributed by atoms with E-state index in [4.69, 9.17) is 14.6 Å². The van der Waals surface area contributed by atoms with E-state index in [0.29, 0.717) is 6.42 Å². The predicted molar refractivity (Wildman–Crippen MR) is 103 cm³/mol. The second kappa shape index (κ2) is 9.25. The van der Waals surface area contributed by atoms with Gasteiger partial charge in [0.1, 0.15) is 17.8 Å². The van der Waals surface area contributed by atoms with Crippen molar-refractivity contribution in [2.75, 3.05) is 19.7 Å². The van der Waals surface area contributed by atoms with E-state index in [-0.39, 0.29) is 32.7 Å². The maximum absolute atomic E-state index is 12.4. The molecular formula is C20H30N2O6. The summed E-state index contributed by atoms with van der Waals surface area (Å²) in [5.74, 6) is 0. The van der Waals surface area contributed by atoms with Gasteiger partial charge in [-0.3, -0.25) is 0 Å². The lowest BCUT2D eigenvalue weighted by molar-refractivity contribution is 0.00195. The van der Waals surface area contributed by atoms with Gasteiger partial charge in [-0.2, -0.15) is 0 Å². The zero-order valence-corrected chi connectivity index (χ0v) is 16.7. The van der Waals surface area contributed by atoms with Crippen LogP contribution in [-0.4, -0.2) is 64.2 Å². The maximum atomic E-state index is 12.4. The number of amides is 2. The van der Waals surface area contributed by atoms with Crippen LogP contribution in [0.25, 0.3) is 0 Å². The summed E-state index contributed by atoms with van der Waals surface area (Å²) in [6, 6.07) is 8.51. The number of rotatable bonds is 6. The highest BCUT2D eigenvalue weighted by atomic mass is 16.6. The standard InChI is InChI=1S/C20H30N2O6/c1-19(2,3)28-18(25)22-12-16(20(26,14-22)10-7-11-23)21-17(24)27-13-15-8-5-4-6-9-15/h4-6,8-9,16,23,26H,7,10-14H2,1-3H3,(H,21,24)/t16-,20?/m0/s1. The first kappa shape index (κ1) is 22.0. The van der Waals surface area contributed by atoms with Crippen LogP contribution in [0.15, 0.2) is 30.3 Å². The van der Waals surface area contributed by atoms with Crippen LogP contribution in [0.1, 0.15) is 39.2 Å². The smallest absolute Gasteiger partial charge is 0.410 e. The second-order valence-electron chi connectivity index (χ2n) is 8.05. The fraction of sp³-hybridized carbons (Fsp3) is 0.600. The van der Waals surface area contributed by atoms with Gasteiger partial charge in [0.15, 0.2) is 0 Å². The van der Waals surface area contributed by atoms with E-state index in [0.717, 1.165) is 5.56 Å². The Labute approximate surface area is 165 Å². The molecule has 2 amide bonds. The van der Waals surface area contributed by atoms with Crippen LogP contribution < -0.4 is 5.32 Å². The number of carbonyl (C=O) groups is 2. The number of carbonyl (C=O) groups excluding carboxylic acids is 2. The quantitative estimate of drug-likeness (QED) is 0.681. The zero-order chi connectivity index (χ0) is 20.8. The Hall–Kier alpha value is -2.32. The third-order valence-electron chi connectivity index (χ3n) is 4.44. The molecule has 0 aromatic heterocycles. The largest absolute Gasteiger partial charge is 0.445 e. The lowest BCUT2D eigenvalue weighted by Gasteiger charge is -2.29. The van der Waals surface area contributed by atoms with Crippen molar-refractivity contribution in [3.8, 4) is 0 Å². The fourth-order valence-electron chi connectivity index (χ4n) is 3.09. The van der Waals surface area contributed by atoms with Gasteiger partial charge in [0.25, 0.3) is 0 Å². The lowest BCUT2D eigenvalue weighted by atomic mass is 9.92. The van der Waals surface area contributed by atoms with Gasteiger partial charge in [0.05, 0.1) is 12.6 Å². The molecule has 2 atom stereocenters. The molecule has 0 spiro atoms. The van der Waals surface area contributed by atoms with Crippen molar-refractivity contribution in [2.45, 2.75) is 57.5 Å². The van der Waals surface area contributed by atoms with Crippen LogP contribution in [0.5, 0.6) is 0 Å². The van der Waals surface area contributed by atoms with E-state index >= 15 is 0 Å². The summed E-state index contributed by atoms with van der Waals surface area (Å²) in [7, 11) is 0. The molecule has 3 N–H and O–H groups in total. The topological polar surface area (TPSA) is 108 Å². The number of nitrogens with zero attached hydrogens (tertiary/aromatic N) is 1. The number of ether oxygens (including phenoxy) is 2. The number of likely N-dealkylation sites (tertiary alicyclic amines) is 1. The molecule has 0 radical (unpaired) electrons. The normalized spacial score (nSPS) is 22.0. The van der Waals surface area contributed by atoms with Crippen molar-refractivity contribution < 1.29 is 29.3 Å². The molecule has 0 saturated carbocycles. The molecule has 8 nitrogen and oxygen atoms in total. The average molecular weight is 394 g/mol. The Bertz CT molecular complexity index is 660. The van der Waals surface area contributed by atoms with Crippen molar-refractivity contribution in [3.05, 3.63) is 35.9 Å². The molecule has 1 saturated heterocycles. The Kier molecular flexibility index (Phi) is 7.26. The number of β-amino-alcohol motifs (C(OH)–C–C–N with tert-alkyl or cyclic N) is 1. The Balaban J connectivity index is 1.99. The molecule has 1 aromatic carbocycles. The van der Waals surface area contributed by atoms with E-state index in [1.807, 2.05) is 30.3 Å². The predicted octanol–water partition coefficient (Wildman–Crippen LogP) is 2.04. The number of benzene rings is 1. The third kappa shape index (κ3) is 6.38. The van der Waals surface area contributed by atoms with Gasteiger partial charge >= 0.3 is 12.2 Å². The van der Waals surface area contributed by atoms with Gasteiger partial charge in [-0.25, -0.2) is 9.59 Å². The summed E-state index contributed by atoms with van der Waals surface area (Å²) < 4.78 is 10.6. The van der Waals surface area contributed by atoms with Gasteiger partial charge in [0.2, 0.25) is 0 Å². The highest BCUT2D eigenvalue weighted by Gasteiger charge is 2.48. The minimum Gasteiger partial charge on any atom is -0.445 e. The van der Waals surface area contributed by atoms with E-state index in [1.54, 1.807) is 20.8 Å². The number of hydrogen-bond acceptors (Lipinski definition) is 6. The number of aliphatic hydroxyl groups excluding tert-OH is 1. The van der Waals surface area contributed by atoms with Crippen LogP contribution in [0, 0.1) is 0 Å². The monoisotopic (exact) mass is 394 g/mol. The highest BCUT2D eigenvalue weighted by Crippen LogP contribution is 2.28. The molecule has 28 heavy (non-hydrogen) atoms. The summed E-state index contributed by atoms with van der Waals surface area (Å²) >= 11 is 0. The molecule has 1 unspecified atom stereocenters.